The van der Waals surface area contributed by atoms with E-state index >= 15 is 0 Å². The molecule has 2 aromatic carbocycles. The highest BCUT2D eigenvalue weighted by Gasteiger charge is 2.07. The molecule has 0 aliphatic heterocycles. The van der Waals surface area contributed by atoms with Crippen LogP contribution in [-0.4, -0.2) is 18.3 Å². The van der Waals surface area contributed by atoms with Gasteiger partial charge in [0.2, 0.25) is 0 Å². The summed E-state index contributed by atoms with van der Waals surface area (Å²) in [5, 5.41) is 6.39. The number of nitrogens with one attached hydrogen (secondary N) is 2. The van der Waals surface area contributed by atoms with Crippen LogP contribution in [0.1, 0.15) is 5.56 Å². The van der Waals surface area contributed by atoms with E-state index < -0.39 is 0 Å². The van der Waals surface area contributed by atoms with Gasteiger partial charge in [-0.25, -0.2) is 9.18 Å². The molecule has 0 aliphatic carbocycles. The molecule has 0 saturated carbocycles. The SMILES string of the molecule is O=C(NCCSCc1c(F)cccc1Cl)Nc1cccc(Cl)c1. The minimum absolute atomic E-state index is 0.309. The lowest BCUT2D eigenvalue weighted by Crippen LogP contribution is -2.30. The molecule has 0 heterocycles. The summed E-state index contributed by atoms with van der Waals surface area (Å²) in [5.41, 5.74) is 1.11. The minimum atomic E-state index is -0.309. The molecule has 0 spiro atoms. The van der Waals surface area contributed by atoms with E-state index in [4.69, 9.17) is 23.2 Å². The number of anilines is 1. The van der Waals surface area contributed by atoms with Crippen LogP contribution in [0.5, 0.6) is 0 Å². The Morgan fingerprint density at radius 1 is 1.17 bits per heavy atom. The predicted molar refractivity (Wildman–Crippen MR) is 96.0 cm³/mol. The number of carbonyl (C=O) groups is 1. The second-order valence-corrected chi connectivity index (χ2v) is 6.59. The maximum Gasteiger partial charge on any atom is 0.319 e. The molecule has 0 saturated heterocycles. The molecule has 3 nitrogen and oxygen atoms in total. The first-order valence-electron chi connectivity index (χ1n) is 6.87. The first kappa shape index (κ1) is 17.9. The zero-order valence-corrected chi connectivity index (χ0v) is 14.4. The van der Waals surface area contributed by atoms with Crippen molar-refractivity contribution in [1.82, 2.24) is 5.32 Å². The van der Waals surface area contributed by atoms with Crippen LogP contribution in [-0.2, 0) is 5.75 Å². The van der Waals surface area contributed by atoms with E-state index in [0.29, 0.717) is 39.3 Å². The van der Waals surface area contributed by atoms with E-state index in [1.54, 1.807) is 36.4 Å². The number of carbonyl (C=O) groups excluding carboxylic acids is 1. The van der Waals surface area contributed by atoms with Crippen LogP contribution in [0.4, 0.5) is 14.9 Å². The second kappa shape index (κ2) is 9.01. The molecular formula is C16H15Cl2FN2OS. The fourth-order valence-corrected chi connectivity index (χ4v) is 3.21. The average molecular weight is 373 g/mol. The Bertz CT molecular complexity index is 665. The lowest BCUT2D eigenvalue weighted by molar-refractivity contribution is 0.252. The smallest absolute Gasteiger partial charge is 0.319 e. The molecule has 122 valence electrons. The van der Waals surface area contributed by atoms with Crippen molar-refractivity contribution in [1.29, 1.82) is 0 Å². The van der Waals surface area contributed by atoms with Crippen molar-refractivity contribution in [2.45, 2.75) is 5.75 Å². The Labute approximate surface area is 148 Å². The molecule has 23 heavy (non-hydrogen) atoms. The van der Waals surface area contributed by atoms with E-state index in [0.717, 1.165) is 0 Å². The number of hydrogen-bond acceptors (Lipinski definition) is 2. The maximum absolute atomic E-state index is 13.6. The van der Waals surface area contributed by atoms with Gasteiger partial charge in [-0.2, -0.15) is 11.8 Å². The lowest BCUT2D eigenvalue weighted by Gasteiger charge is -2.08. The number of amides is 2. The van der Waals surface area contributed by atoms with Crippen LogP contribution >= 0.6 is 35.0 Å². The van der Waals surface area contributed by atoms with Crippen molar-refractivity contribution in [2.75, 3.05) is 17.6 Å². The van der Waals surface area contributed by atoms with Crippen LogP contribution in [0.15, 0.2) is 42.5 Å². The highest BCUT2D eigenvalue weighted by molar-refractivity contribution is 7.98. The number of urea groups is 1. The van der Waals surface area contributed by atoms with Gasteiger partial charge >= 0.3 is 6.03 Å². The van der Waals surface area contributed by atoms with Gasteiger partial charge in [0, 0.05) is 39.3 Å². The van der Waals surface area contributed by atoms with Crippen molar-refractivity contribution >= 4 is 46.7 Å². The number of hydrogen-bond donors (Lipinski definition) is 2. The van der Waals surface area contributed by atoms with E-state index in [1.807, 2.05) is 0 Å². The summed E-state index contributed by atoms with van der Waals surface area (Å²) in [4.78, 5) is 11.7. The Hall–Kier alpha value is -1.43. The van der Waals surface area contributed by atoms with Gasteiger partial charge < -0.3 is 10.6 Å². The maximum atomic E-state index is 13.6. The van der Waals surface area contributed by atoms with E-state index in [-0.39, 0.29) is 11.8 Å². The largest absolute Gasteiger partial charge is 0.337 e. The molecule has 7 heteroatoms. The van der Waals surface area contributed by atoms with E-state index in [2.05, 4.69) is 10.6 Å². The zero-order chi connectivity index (χ0) is 16.7. The molecule has 2 rings (SSSR count). The van der Waals surface area contributed by atoms with Gasteiger partial charge in [0.05, 0.1) is 0 Å². The normalized spacial score (nSPS) is 10.4. The fourth-order valence-electron chi connectivity index (χ4n) is 1.82. The summed E-state index contributed by atoms with van der Waals surface area (Å²) in [6.45, 7) is 0.461. The van der Waals surface area contributed by atoms with Crippen molar-refractivity contribution in [3.63, 3.8) is 0 Å². The van der Waals surface area contributed by atoms with Crippen molar-refractivity contribution in [2.24, 2.45) is 0 Å². The van der Waals surface area contributed by atoms with Crippen molar-refractivity contribution in [3.05, 3.63) is 63.9 Å². The first-order chi connectivity index (χ1) is 11.1. The molecule has 0 atom stereocenters. The predicted octanol–water partition coefficient (Wildman–Crippen LogP) is 5.19. The summed E-state index contributed by atoms with van der Waals surface area (Å²) >= 11 is 13.3. The number of halogens is 3. The third-order valence-corrected chi connectivity index (χ3v) is 4.50. The highest BCUT2D eigenvalue weighted by Crippen LogP contribution is 2.23. The van der Waals surface area contributed by atoms with Crippen LogP contribution in [0.25, 0.3) is 0 Å². The lowest BCUT2D eigenvalue weighted by atomic mass is 10.2. The molecule has 0 aromatic heterocycles. The van der Waals surface area contributed by atoms with Crippen LogP contribution in [0.2, 0.25) is 10.0 Å². The Balaban J connectivity index is 1.68. The molecule has 2 N–H and O–H groups in total. The molecule has 0 fully saturated rings. The Morgan fingerprint density at radius 2 is 1.96 bits per heavy atom. The van der Waals surface area contributed by atoms with E-state index in [1.165, 1.54) is 17.8 Å². The van der Waals surface area contributed by atoms with Crippen LogP contribution < -0.4 is 10.6 Å². The summed E-state index contributed by atoms with van der Waals surface area (Å²) < 4.78 is 13.6. The summed E-state index contributed by atoms with van der Waals surface area (Å²) in [6, 6.07) is 11.2. The van der Waals surface area contributed by atoms with Gasteiger partial charge in [0.15, 0.2) is 0 Å². The standard InChI is InChI=1S/C16H15Cl2FN2OS/c17-11-3-1-4-12(9-11)21-16(22)20-7-8-23-10-13-14(18)5-2-6-15(13)19/h1-6,9H,7-8,10H2,(H2,20,21,22). The molecular weight excluding hydrogens is 358 g/mol. The van der Waals surface area contributed by atoms with Gasteiger partial charge in [0.25, 0.3) is 0 Å². The number of benzene rings is 2. The zero-order valence-electron chi connectivity index (χ0n) is 12.1. The summed E-state index contributed by atoms with van der Waals surface area (Å²) in [7, 11) is 0. The van der Waals surface area contributed by atoms with Gasteiger partial charge in [-0.05, 0) is 30.3 Å². The van der Waals surface area contributed by atoms with Crippen LogP contribution in [0.3, 0.4) is 0 Å². The van der Waals surface area contributed by atoms with Crippen molar-refractivity contribution < 1.29 is 9.18 Å². The second-order valence-electron chi connectivity index (χ2n) is 4.64. The minimum Gasteiger partial charge on any atom is -0.337 e. The fraction of sp³-hybridized carbons (Fsp3) is 0.188. The molecule has 0 unspecified atom stereocenters. The average Bonchev–Trinajstić information content (AvgIpc) is 2.49. The van der Waals surface area contributed by atoms with Crippen molar-refractivity contribution in [3.8, 4) is 0 Å². The van der Waals surface area contributed by atoms with Gasteiger partial charge in [-0.1, -0.05) is 35.3 Å². The topological polar surface area (TPSA) is 41.1 Å². The molecule has 2 amide bonds. The summed E-state index contributed by atoms with van der Waals surface area (Å²) in [6.07, 6.45) is 0. The molecule has 2 aromatic rings. The first-order valence-corrected chi connectivity index (χ1v) is 8.78. The van der Waals surface area contributed by atoms with Gasteiger partial charge in [-0.15, -0.1) is 0 Å². The highest BCUT2D eigenvalue weighted by atomic mass is 35.5. The van der Waals surface area contributed by atoms with Gasteiger partial charge in [-0.3, -0.25) is 0 Å². The monoisotopic (exact) mass is 372 g/mol. The molecule has 0 radical (unpaired) electrons. The third-order valence-electron chi connectivity index (χ3n) is 2.92. The molecule has 0 aliphatic rings. The van der Waals surface area contributed by atoms with E-state index in [9.17, 15) is 9.18 Å². The number of rotatable bonds is 6. The van der Waals surface area contributed by atoms with Gasteiger partial charge in [0.1, 0.15) is 5.82 Å². The Kier molecular flexibility index (Phi) is 7.02. The third kappa shape index (κ3) is 5.94. The quantitative estimate of drug-likeness (QED) is 0.685. The Morgan fingerprint density at radius 3 is 2.70 bits per heavy atom. The summed E-state index contributed by atoms with van der Waals surface area (Å²) in [5.74, 6) is 0.799. The number of thioether (sulfide) groups is 1. The molecule has 0 bridgehead atoms. The van der Waals surface area contributed by atoms with Crippen LogP contribution in [0, 0.1) is 5.82 Å².